The van der Waals surface area contributed by atoms with Gasteiger partial charge in [-0.3, -0.25) is 19.3 Å². The average Bonchev–Trinajstić information content (AvgIpc) is 2.99. The van der Waals surface area contributed by atoms with Crippen molar-refractivity contribution in [1.82, 2.24) is 4.90 Å². The van der Waals surface area contributed by atoms with Crippen LogP contribution in [0.4, 0.5) is 10.5 Å². The van der Waals surface area contributed by atoms with Crippen LogP contribution in [0.5, 0.6) is 5.75 Å². The molecule has 0 aromatic heterocycles. The molecule has 9 heteroatoms. The second kappa shape index (κ2) is 10.3. The van der Waals surface area contributed by atoms with E-state index in [0.29, 0.717) is 16.5 Å². The van der Waals surface area contributed by atoms with E-state index in [1.54, 1.807) is 36.4 Å². The van der Waals surface area contributed by atoms with Gasteiger partial charge in [-0.2, -0.15) is 0 Å². The number of hydrogen-bond donors (Lipinski definition) is 1. The number of carbonyl (C=O) groups excluding carboxylic acids is 3. The largest absolute Gasteiger partial charge is 0.490 e. The highest BCUT2D eigenvalue weighted by Crippen LogP contribution is 2.34. The Kier molecular flexibility index (Phi) is 7.80. The summed E-state index contributed by atoms with van der Waals surface area (Å²) in [5.41, 5.74) is 1.15. The Morgan fingerprint density at radius 1 is 1.29 bits per heavy atom. The Morgan fingerprint density at radius 3 is 2.71 bits per heavy atom. The first-order valence-electron chi connectivity index (χ1n) is 9.54. The molecule has 0 radical (unpaired) electrons. The zero-order chi connectivity index (χ0) is 22.5. The molecule has 1 fully saturated rings. The summed E-state index contributed by atoms with van der Waals surface area (Å²) in [4.78, 5) is 38.5. The van der Waals surface area contributed by atoms with Crippen molar-refractivity contribution < 1.29 is 19.1 Å². The third-order valence-corrected chi connectivity index (χ3v) is 6.34. The van der Waals surface area contributed by atoms with E-state index in [4.69, 9.17) is 16.3 Å². The van der Waals surface area contributed by atoms with Crippen molar-refractivity contribution in [1.29, 1.82) is 0 Å². The molecule has 0 unspecified atom stereocenters. The number of benzene rings is 2. The average molecular weight is 524 g/mol. The highest BCUT2D eigenvalue weighted by Gasteiger charge is 2.36. The Labute approximate surface area is 198 Å². The molecular formula is C22H20BrClN2O4S. The SMILES string of the molecule is CC[C@H](C)Oc1ccc(/C=C2/SC(=O)N(CC(=O)Nc3ccccc3Cl)C2=O)cc1Br. The van der Waals surface area contributed by atoms with E-state index >= 15 is 0 Å². The molecular weight excluding hydrogens is 504 g/mol. The summed E-state index contributed by atoms with van der Waals surface area (Å²) in [6.07, 6.45) is 2.58. The number of para-hydroxylation sites is 1. The summed E-state index contributed by atoms with van der Waals surface area (Å²) < 4.78 is 6.57. The Hall–Kier alpha value is -2.29. The number of amides is 3. The minimum absolute atomic E-state index is 0.0792. The maximum atomic E-state index is 12.7. The number of hydrogen-bond acceptors (Lipinski definition) is 5. The second-order valence-corrected chi connectivity index (χ2v) is 9.08. The lowest BCUT2D eigenvalue weighted by molar-refractivity contribution is -0.127. The third kappa shape index (κ3) is 5.90. The number of rotatable bonds is 7. The van der Waals surface area contributed by atoms with Crippen LogP contribution in [-0.4, -0.2) is 34.6 Å². The number of anilines is 1. The van der Waals surface area contributed by atoms with Crippen LogP contribution in [0.1, 0.15) is 25.8 Å². The van der Waals surface area contributed by atoms with Gasteiger partial charge < -0.3 is 10.1 Å². The molecule has 162 valence electrons. The van der Waals surface area contributed by atoms with Crippen molar-refractivity contribution in [3.05, 3.63) is 62.4 Å². The van der Waals surface area contributed by atoms with Gasteiger partial charge in [-0.05, 0) is 76.9 Å². The van der Waals surface area contributed by atoms with E-state index in [-0.39, 0.29) is 11.0 Å². The molecule has 6 nitrogen and oxygen atoms in total. The lowest BCUT2D eigenvalue weighted by Crippen LogP contribution is -2.36. The molecule has 1 aliphatic heterocycles. The van der Waals surface area contributed by atoms with Crippen LogP contribution in [0.15, 0.2) is 51.8 Å². The van der Waals surface area contributed by atoms with Crippen molar-refractivity contribution in [2.75, 3.05) is 11.9 Å². The van der Waals surface area contributed by atoms with Gasteiger partial charge in [0.2, 0.25) is 5.91 Å². The quantitative estimate of drug-likeness (QED) is 0.454. The molecule has 0 aliphatic carbocycles. The molecule has 2 aromatic rings. The topological polar surface area (TPSA) is 75.7 Å². The van der Waals surface area contributed by atoms with Crippen molar-refractivity contribution in [3.63, 3.8) is 0 Å². The maximum Gasteiger partial charge on any atom is 0.294 e. The molecule has 0 spiro atoms. The summed E-state index contributed by atoms with van der Waals surface area (Å²) in [6.45, 7) is 3.63. The predicted octanol–water partition coefficient (Wildman–Crippen LogP) is 5.95. The number of halogens is 2. The first-order chi connectivity index (χ1) is 14.8. The predicted molar refractivity (Wildman–Crippen MR) is 127 cm³/mol. The number of thioether (sulfide) groups is 1. The summed E-state index contributed by atoms with van der Waals surface area (Å²) in [6, 6.07) is 12.2. The van der Waals surface area contributed by atoms with Crippen molar-refractivity contribution in [3.8, 4) is 5.75 Å². The Morgan fingerprint density at radius 2 is 2.03 bits per heavy atom. The van der Waals surface area contributed by atoms with Gasteiger partial charge >= 0.3 is 0 Å². The zero-order valence-electron chi connectivity index (χ0n) is 16.9. The summed E-state index contributed by atoms with van der Waals surface area (Å²) in [5, 5.41) is 2.48. The Bertz CT molecular complexity index is 1060. The van der Waals surface area contributed by atoms with E-state index in [1.165, 1.54) is 0 Å². The van der Waals surface area contributed by atoms with Crippen LogP contribution >= 0.6 is 39.3 Å². The van der Waals surface area contributed by atoms with Gasteiger partial charge in [0.15, 0.2) is 0 Å². The van der Waals surface area contributed by atoms with E-state index < -0.39 is 23.6 Å². The molecule has 1 saturated heterocycles. The second-order valence-electron chi connectivity index (χ2n) is 6.82. The number of imide groups is 1. The molecule has 2 aromatic carbocycles. The van der Waals surface area contributed by atoms with Crippen LogP contribution < -0.4 is 10.1 Å². The number of nitrogens with one attached hydrogen (secondary N) is 1. The molecule has 1 atom stereocenters. The molecule has 3 rings (SSSR count). The highest BCUT2D eigenvalue weighted by molar-refractivity contribution is 9.10. The molecule has 1 N–H and O–H groups in total. The first-order valence-corrected chi connectivity index (χ1v) is 11.5. The fraction of sp³-hybridized carbons (Fsp3) is 0.227. The van der Waals surface area contributed by atoms with Crippen molar-refractivity contribution in [2.24, 2.45) is 0 Å². The maximum absolute atomic E-state index is 12.7. The van der Waals surface area contributed by atoms with Crippen LogP contribution in [0, 0.1) is 0 Å². The summed E-state index contributed by atoms with van der Waals surface area (Å²) in [7, 11) is 0. The molecule has 3 amide bonds. The first kappa shape index (κ1) is 23.4. The number of ether oxygens (including phenoxy) is 1. The fourth-order valence-corrected chi connectivity index (χ4v) is 4.20. The van der Waals surface area contributed by atoms with Crippen molar-refractivity contribution in [2.45, 2.75) is 26.4 Å². The minimum Gasteiger partial charge on any atom is -0.490 e. The Balaban J connectivity index is 1.69. The van der Waals surface area contributed by atoms with Crippen LogP contribution in [-0.2, 0) is 9.59 Å². The van der Waals surface area contributed by atoms with Gasteiger partial charge in [-0.1, -0.05) is 36.7 Å². The van der Waals surface area contributed by atoms with Gasteiger partial charge in [0.1, 0.15) is 12.3 Å². The van der Waals surface area contributed by atoms with E-state index in [2.05, 4.69) is 21.2 Å². The number of nitrogens with zero attached hydrogens (tertiary/aromatic N) is 1. The van der Waals surface area contributed by atoms with E-state index in [1.807, 2.05) is 26.0 Å². The standard InChI is InChI=1S/C22H20BrClN2O4S/c1-3-13(2)30-18-9-8-14(10-15(18)23)11-19-21(28)26(22(29)31-19)12-20(27)25-17-7-5-4-6-16(17)24/h4-11,13H,3,12H2,1-2H3,(H,25,27)/b19-11+/t13-/m0/s1. The van der Waals surface area contributed by atoms with Crippen LogP contribution in [0.2, 0.25) is 5.02 Å². The molecule has 1 aliphatic rings. The van der Waals surface area contributed by atoms with Gasteiger partial charge in [0.25, 0.3) is 11.1 Å². The van der Waals surface area contributed by atoms with Gasteiger partial charge in [0, 0.05) is 0 Å². The molecule has 31 heavy (non-hydrogen) atoms. The monoisotopic (exact) mass is 522 g/mol. The van der Waals surface area contributed by atoms with Crippen LogP contribution in [0.25, 0.3) is 6.08 Å². The van der Waals surface area contributed by atoms with E-state index in [0.717, 1.165) is 33.1 Å². The highest BCUT2D eigenvalue weighted by atomic mass is 79.9. The smallest absolute Gasteiger partial charge is 0.294 e. The number of carbonyl (C=O) groups is 3. The van der Waals surface area contributed by atoms with Crippen molar-refractivity contribution >= 4 is 68.1 Å². The molecule has 1 heterocycles. The normalized spacial score (nSPS) is 16.0. The van der Waals surface area contributed by atoms with E-state index in [9.17, 15) is 14.4 Å². The minimum atomic E-state index is -0.514. The lowest BCUT2D eigenvalue weighted by atomic mass is 10.2. The summed E-state index contributed by atoms with van der Waals surface area (Å²) >= 11 is 10.3. The van der Waals surface area contributed by atoms with Gasteiger partial charge in [-0.25, -0.2) is 0 Å². The summed E-state index contributed by atoms with van der Waals surface area (Å²) in [5.74, 6) is -0.317. The third-order valence-electron chi connectivity index (χ3n) is 4.48. The molecule has 0 saturated carbocycles. The lowest BCUT2D eigenvalue weighted by Gasteiger charge is -2.14. The van der Waals surface area contributed by atoms with Crippen LogP contribution in [0.3, 0.4) is 0 Å². The zero-order valence-corrected chi connectivity index (χ0v) is 20.0. The fourth-order valence-electron chi connectivity index (χ4n) is 2.69. The molecule has 0 bridgehead atoms. The van der Waals surface area contributed by atoms with Gasteiger partial charge in [-0.15, -0.1) is 0 Å². The van der Waals surface area contributed by atoms with Gasteiger partial charge in [0.05, 0.1) is 26.2 Å².